The molecule has 0 saturated heterocycles. The number of aryl methyl sites for hydroxylation is 1. The number of carboxylic acid groups (broad SMARTS) is 1. The number of rotatable bonds is 4. The summed E-state index contributed by atoms with van der Waals surface area (Å²) in [5.74, 6) is 0.0772. The molecule has 0 aliphatic heterocycles. The number of hydrogen-bond acceptors (Lipinski definition) is 2. The van der Waals surface area contributed by atoms with Crippen LogP contribution in [0.15, 0.2) is 12.1 Å². The van der Waals surface area contributed by atoms with Crippen molar-refractivity contribution in [3.8, 4) is 5.75 Å². The van der Waals surface area contributed by atoms with Crippen LogP contribution in [0.4, 0.5) is 0 Å². The second-order valence-electron chi connectivity index (χ2n) is 6.50. The van der Waals surface area contributed by atoms with E-state index in [9.17, 15) is 9.90 Å². The largest absolute Gasteiger partial charge is 0.490 e. The Bertz CT molecular complexity index is 526. The normalized spacial score (nSPS) is 17.8. The molecule has 1 aliphatic rings. The van der Waals surface area contributed by atoms with Crippen molar-refractivity contribution in [1.82, 2.24) is 0 Å². The molecule has 0 spiro atoms. The van der Waals surface area contributed by atoms with Gasteiger partial charge < -0.3 is 9.84 Å². The first kappa shape index (κ1) is 15.9. The summed E-state index contributed by atoms with van der Waals surface area (Å²) in [7, 11) is 0. The van der Waals surface area contributed by atoms with Crippen molar-refractivity contribution in [3.63, 3.8) is 0 Å². The molecule has 3 nitrogen and oxygen atoms in total. The zero-order valence-electron chi connectivity index (χ0n) is 13.5. The van der Waals surface area contributed by atoms with Crippen LogP contribution in [0.5, 0.6) is 5.75 Å². The lowest BCUT2D eigenvalue weighted by Crippen LogP contribution is -2.38. The molecule has 1 aromatic carbocycles. The molecule has 0 bridgehead atoms. The van der Waals surface area contributed by atoms with Gasteiger partial charge in [0.05, 0.1) is 11.5 Å². The number of hydrogen-bond donors (Lipinski definition) is 1. The topological polar surface area (TPSA) is 46.5 Å². The molecule has 0 radical (unpaired) electrons. The van der Waals surface area contributed by atoms with E-state index in [1.165, 1.54) is 0 Å². The Morgan fingerprint density at radius 3 is 2.33 bits per heavy atom. The van der Waals surface area contributed by atoms with E-state index in [0.717, 1.165) is 41.7 Å². The second-order valence-corrected chi connectivity index (χ2v) is 6.50. The first-order valence-electron chi connectivity index (χ1n) is 7.89. The van der Waals surface area contributed by atoms with Gasteiger partial charge in [-0.05, 0) is 51.7 Å². The second kappa shape index (κ2) is 6.08. The highest BCUT2D eigenvalue weighted by Crippen LogP contribution is 2.45. The Balaban J connectivity index is 2.59. The van der Waals surface area contributed by atoms with Gasteiger partial charge in [0.1, 0.15) is 5.75 Å². The van der Waals surface area contributed by atoms with Gasteiger partial charge in [-0.2, -0.15) is 0 Å². The standard InChI is InChI=1S/C18H26O3/c1-12(2)21-16-14(4)13(3)8-9-15(16)18(17(19)20)10-6-5-7-11-18/h8-9,12H,5-7,10-11H2,1-4H3,(H,19,20). The van der Waals surface area contributed by atoms with Crippen molar-refractivity contribution in [2.75, 3.05) is 0 Å². The molecule has 0 heterocycles. The van der Waals surface area contributed by atoms with E-state index >= 15 is 0 Å². The van der Waals surface area contributed by atoms with Crippen molar-refractivity contribution in [2.24, 2.45) is 0 Å². The average Bonchev–Trinajstić information content (AvgIpc) is 2.44. The van der Waals surface area contributed by atoms with E-state index in [4.69, 9.17) is 4.74 Å². The molecular formula is C18H26O3. The van der Waals surface area contributed by atoms with Crippen molar-refractivity contribution in [1.29, 1.82) is 0 Å². The maximum atomic E-state index is 12.1. The van der Waals surface area contributed by atoms with Crippen LogP contribution in [0.25, 0.3) is 0 Å². The molecule has 1 aliphatic carbocycles. The van der Waals surface area contributed by atoms with Crippen LogP contribution >= 0.6 is 0 Å². The lowest BCUT2D eigenvalue weighted by molar-refractivity contribution is -0.145. The molecule has 1 aromatic rings. The minimum Gasteiger partial charge on any atom is -0.490 e. The summed E-state index contributed by atoms with van der Waals surface area (Å²) in [6.07, 6.45) is 4.53. The summed E-state index contributed by atoms with van der Waals surface area (Å²) in [6, 6.07) is 4.00. The van der Waals surface area contributed by atoms with Crippen molar-refractivity contribution < 1.29 is 14.6 Å². The van der Waals surface area contributed by atoms with Crippen LogP contribution in [-0.2, 0) is 10.2 Å². The van der Waals surface area contributed by atoms with E-state index in [0.29, 0.717) is 12.8 Å². The molecule has 0 aromatic heterocycles. The average molecular weight is 290 g/mol. The van der Waals surface area contributed by atoms with E-state index in [2.05, 4.69) is 0 Å². The van der Waals surface area contributed by atoms with E-state index in [1.807, 2.05) is 39.8 Å². The van der Waals surface area contributed by atoms with Gasteiger partial charge in [0.25, 0.3) is 0 Å². The highest BCUT2D eigenvalue weighted by atomic mass is 16.5. The summed E-state index contributed by atoms with van der Waals surface area (Å²) in [5, 5.41) is 9.91. The fourth-order valence-corrected chi connectivity index (χ4v) is 3.31. The summed E-state index contributed by atoms with van der Waals surface area (Å²) in [5.41, 5.74) is 2.30. The number of carbonyl (C=O) groups is 1. The summed E-state index contributed by atoms with van der Waals surface area (Å²) < 4.78 is 6.02. The lowest BCUT2D eigenvalue weighted by atomic mass is 9.68. The zero-order chi connectivity index (χ0) is 15.6. The highest BCUT2D eigenvalue weighted by Gasteiger charge is 2.43. The molecule has 21 heavy (non-hydrogen) atoms. The quantitative estimate of drug-likeness (QED) is 0.895. The van der Waals surface area contributed by atoms with Crippen LogP contribution in [0.2, 0.25) is 0 Å². The van der Waals surface area contributed by atoms with Crippen molar-refractivity contribution >= 4 is 5.97 Å². The third-order valence-electron chi connectivity index (χ3n) is 4.66. The maximum absolute atomic E-state index is 12.1. The lowest BCUT2D eigenvalue weighted by Gasteiger charge is -2.35. The van der Waals surface area contributed by atoms with Crippen LogP contribution in [-0.4, -0.2) is 17.2 Å². The first-order valence-corrected chi connectivity index (χ1v) is 7.89. The number of ether oxygens (including phenoxy) is 1. The first-order chi connectivity index (χ1) is 9.88. The number of aliphatic carboxylic acids is 1. The monoisotopic (exact) mass is 290 g/mol. The van der Waals surface area contributed by atoms with Gasteiger partial charge >= 0.3 is 5.97 Å². The maximum Gasteiger partial charge on any atom is 0.314 e. The van der Waals surface area contributed by atoms with Gasteiger partial charge in [-0.25, -0.2) is 0 Å². The molecule has 3 heteroatoms. The van der Waals surface area contributed by atoms with Gasteiger partial charge in [0, 0.05) is 5.56 Å². The number of benzene rings is 1. The van der Waals surface area contributed by atoms with Crippen molar-refractivity contribution in [3.05, 3.63) is 28.8 Å². The van der Waals surface area contributed by atoms with E-state index in [-0.39, 0.29) is 6.10 Å². The van der Waals surface area contributed by atoms with Gasteiger partial charge in [0.2, 0.25) is 0 Å². The number of carboxylic acids is 1. The smallest absolute Gasteiger partial charge is 0.314 e. The van der Waals surface area contributed by atoms with Crippen molar-refractivity contribution in [2.45, 2.75) is 71.3 Å². The Hall–Kier alpha value is -1.51. The predicted octanol–water partition coefficient (Wildman–Crippen LogP) is 4.38. The molecule has 0 amide bonds. The molecule has 0 atom stereocenters. The van der Waals surface area contributed by atoms with Crippen LogP contribution < -0.4 is 4.74 Å². The Labute approximate surface area is 127 Å². The molecular weight excluding hydrogens is 264 g/mol. The summed E-state index contributed by atoms with van der Waals surface area (Å²) >= 11 is 0. The van der Waals surface area contributed by atoms with Crippen LogP contribution in [0, 0.1) is 13.8 Å². The Kier molecular flexibility index (Phi) is 4.60. The third-order valence-corrected chi connectivity index (χ3v) is 4.66. The van der Waals surface area contributed by atoms with Crippen LogP contribution in [0.3, 0.4) is 0 Å². The SMILES string of the molecule is Cc1ccc(C2(C(=O)O)CCCCC2)c(OC(C)C)c1C. The fraction of sp³-hybridized carbons (Fsp3) is 0.611. The molecule has 0 unspecified atom stereocenters. The minimum atomic E-state index is -0.777. The fourth-order valence-electron chi connectivity index (χ4n) is 3.31. The van der Waals surface area contributed by atoms with E-state index < -0.39 is 11.4 Å². The molecule has 116 valence electrons. The molecule has 1 fully saturated rings. The summed E-state index contributed by atoms with van der Waals surface area (Å²) in [4.78, 5) is 12.1. The molecule has 1 N–H and O–H groups in total. The summed E-state index contributed by atoms with van der Waals surface area (Å²) in [6.45, 7) is 8.04. The van der Waals surface area contributed by atoms with Gasteiger partial charge in [0.15, 0.2) is 0 Å². The van der Waals surface area contributed by atoms with Gasteiger partial charge in [-0.1, -0.05) is 31.4 Å². The Morgan fingerprint density at radius 1 is 1.19 bits per heavy atom. The van der Waals surface area contributed by atoms with Gasteiger partial charge in [-0.15, -0.1) is 0 Å². The van der Waals surface area contributed by atoms with Gasteiger partial charge in [-0.3, -0.25) is 4.79 Å². The minimum absolute atomic E-state index is 0.0404. The molecule has 2 rings (SSSR count). The zero-order valence-corrected chi connectivity index (χ0v) is 13.5. The Morgan fingerprint density at radius 2 is 1.81 bits per heavy atom. The third kappa shape index (κ3) is 2.92. The van der Waals surface area contributed by atoms with E-state index in [1.54, 1.807) is 0 Å². The predicted molar refractivity (Wildman–Crippen MR) is 84.1 cm³/mol. The molecule has 1 saturated carbocycles. The van der Waals surface area contributed by atoms with Crippen LogP contribution in [0.1, 0.15) is 62.6 Å². The highest BCUT2D eigenvalue weighted by molar-refractivity contribution is 5.83.